The average Bonchev–Trinajstić information content (AvgIpc) is 2.89. The molecule has 2 heteroatoms. The topological polar surface area (TPSA) is 12.0 Å². The van der Waals surface area contributed by atoms with Crippen LogP contribution in [-0.2, 0) is 12.8 Å². The van der Waals surface area contributed by atoms with Crippen molar-refractivity contribution < 1.29 is 0 Å². The highest BCUT2D eigenvalue weighted by Gasteiger charge is 2.27. The molecule has 20 heavy (non-hydrogen) atoms. The molecule has 0 amide bonds. The Hall–Kier alpha value is -0.340. The van der Waals surface area contributed by atoms with Crippen molar-refractivity contribution in [2.24, 2.45) is 5.41 Å². The van der Waals surface area contributed by atoms with E-state index in [1.165, 1.54) is 64.3 Å². The van der Waals surface area contributed by atoms with Crippen LogP contribution in [0.5, 0.6) is 0 Å². The van der Waals surface area contributed by atoms with Gasteiger partial charge in [0.15, 0.2) is 0 Å². The fourth-order valence-electron chi connectivity index (χ4n) is 3.81. The summed E-state index contributed by atoms with van der Waals surface area (Å²) < 4.78 is 0. The lowest BCUT2D eigenvalue weighted by Crippen LogP contribution is -2.34. The van der Waals surface area contributed by atoms with Crippen LogP contribution in [0.4, 0.5) is 0 Å². The van der Waals surface area contributed by atoms with Gasteiger partial charge in [-0.3, -0.25) is 0 Å². The Labute approximate surface area is 128 Å². The number of thiophene rings is 1. The number of aryl methyl sites for hydroxylation is 2. The van der Waals surface area contributed by atoms with Gasteiger partial charge < -0.3 is 5.32 Å². The van der Waals surface area contributed by atoms with Crippen molar-refractivity contribution in [2.45, 2.75) is 77.7 Å². The number of fused-ring (bicyclic) bond motifs is 1. The number of hydrogen-bond acceptors (Lipinski definition) is 2. The average molecular weight is 292 g/mol. The molecule has 0 bridgehead atoms. The first-order valence-corrected chi connectivity index (χ1v) is 9.33. The van der Waals surface area contributed by atoms with E-state index >= 15 is 0 Å². The van der Waals surface area contributed by atoms with Crippen molar-refractivity contribution in [3.63, 3.8) is 0 Å². The molecule has 1 aromatic heterocycles. The Kier molecular flexibility index (Phi) is 4.52. The molecule has 1 saturated carbocycles. The molecular weight excluding hydrogens is 262 g/mol. The minimum Gasteiger partial charge on any atom is -0.309 e. The summed E-state index contributed by atoms with van der Waals surface area (Å²) in [6, 6.07) is 3.02. The third-order valence-electron chi connectivity index (χ3n) is 5.34. The molecule has 1 nitrogen and oxygen atoms in total. The zero-order valence-electron chi connectivity index (χ0n) is 13.1. The second kappa shape index (κ2) is 6.19. The van der Waals surface area contributed by atoms with E-state index in [4.69, 9.17) is 0 Å². The van der Waals surface area contributed by atoms with Crippen LogP contribution in [-0.4, -0.2) is 6.54 Å². The van der Waals surface area contributed by atoms with Gasteiger partial charge in [-0.2, -0.15) is 0 Å². The van der Waals surface area contributed by atoms with Gasteiger partial charge in [-0.15, -0.1) is 11.3 Å². The number of hydrogen-bond donors (Lipinski definition) is 1. The molecule has 1 unspecified atom stereocenters. The lowest BCUT2D eigenvalue weighted by molar-refractivity contribution is 0.202. The van der Waals surface area contributed by atoms with Crippen molar-refractivity contribution in [2.75, 3.05) is 6.54 Å². The summed E-state index contributed by atoms with van der Waals surface area (Å²) in [4.78, 5) is 3.24. The Morgan fingerprint density at radius 1 is 1.15 bits per heavy atom. The van der Waals surface area contributed by atoms with Crippen LogP contribution in [0.25, 0.3) is 0 Å². The van der Waals surface area contributed by atoms with Gasteiger partial charge in [0.2, 0.25) is 0 Å². The maximum atomic E-state index is 3.83. The molecule has 0 spiro atoms. The summed E-state index contributed by atoms with van der Waals surface area (Å²) in [5, 5.41) is 3.83. The quantitative estimate of drug-likeness (QED) is 0.799. The van der Waals surface area contributed by atoms with Gasteiger partial charge in [-0.1, -0.05) is 26.2 Å². The first-order valence-electron chi connectivity index (χ1n) is 8.51. The molecule has 0 aromatic carbocycles. The number of rotatable bonds is 4. The first-order chi connectivity index (χ1) is 9.66. The summed E-state index contributed by atoms with van der Waals surface area (Å²) in [7, 11) is 0. The van der Waals surface area contributed by atoms with Gasteiger partial charge in [0.25, 0.3) is 0 Å². The van der Waals surface area contributed by atoms with Gasteiger partial charge in [0, 0.05) is 22.3 Å². The smallest absolute Gasteiger partial charge is 0.0386 e. The second-order valence-corrected chi connectivity index (χ2v) is 8.45. The molecule has 1 fully saturated rings. The van der Waals surface area contributed by atoms with E-state index in [1.54, 1.807) is 15.3 Å². The Balaban J connectivity index is 1.58. The molecule has 1 atom stereocenters. The Bertz CT molecular complexity index is 419. The largest absolute Gasteiger partial charge is 0.309 e. The molecule has 1 N–H and O–H groups in total. The highest BCUT2D eigenvalue weighted by atomic mass is 32.1. The molecule has 0 aliphatic heterocycles. The molecular formula is C18H29NS. The molecule has 2 aliphatic carbocycles. The van der Waals surface area contributed by atoms with E-state index in [0.29, 0.717) is 11.5 Å². The highest BCUT2D eigenvalue weighted by Crippen LogP contribution is 2.37. The predicted octanol–water partition coefficient (Wildman–Crippen LogP) is 5.25. The summed E-state index contributed by atoms with van der Waals surface area (Å²) in [6.45, 7) is 6.02. The van der Waals surface area contributed by atoms with E-state index in [0.717, 1.165) is 0 Å². The van der Waals surface area contributed by atoms with Crippen LogP contribution in [0, 0.1) is 5.41 Å². The lowest BCUT2D eigenvalue weighted by atomic mass is 9.75. The lowest BCUT2D eigenvalue weighted by Gasteiger charge is -2.34. The van der Waals surface area contributed by atoms with Crippen LogP contribution in [0.15, 0.2) is 6.07 Å². The number of nitrogens with one attached hydrogen (secondary N) is 1. The Morgan fingerprint density at radius 2 is 1.90 bits per heavy atom. The van der Waals surface area contributed by atoms with Gasteiger partial charge in [-0.25, -0.2) is 0 Å². The van der Waals surface area contributed by atoms with Crippen LogP contribution >= 0.6 is 11.3 Å². The summed E-state index contributed by atoms with van der Waals surface area (Å²) in [5.41, 5.74) is 2.19. The van der Waals surface area contributed by atoms with Gasteiger partial charge in [-0.05, 0) is 62.5 Å². The highest BCUT2D eigenvalue weighted by molar-refractivity contribution is 7.12. The fourth-order valence-corrected chi connectivity index (χ4v) is 5.09. The van der Waals surface area contributed by atoms with Crippen molar-refractivity contribution in [1.82, 2.24) is 5.32 Å². The van der Waals surface area contributed by atoms with Crippen molar-refractivity contribution in [3.8, 4) is 0 Å². The van der Waals surface area contributed by atoms with Gasteiger partial charge in [0.05, 0.1) is 0 Å². The summed E-state index contributed by atoms with van der Waals surface area (Å²) >= 11 is 2.07. The van der Waals surface area contributed by atoms with E-state index in [2.05, 4.69) is 36.6 Å². The van der Waals surface area contributed by atoms with Crippen LogP contribution in [0.1, 0.15) is 80.2 Å². The fraction of sp³-hybridized carbons (Fsp3) is 0.778. The Morgan fingerprint density at radius 3 is 2.65 bits per heavy atom. The third kappa shape index (κ3) is 3.28. The monoisotopic (exact) mass is 291 g/mol. The first kappa shape index (κ1) is 14.6. The maximum Gasteiger partial charge on any atom is 0.0386 e. The summed E-state index contributed by atoms with van der Waals surface area (Å²) in [6.07, 6.45) is 12.6. The van der Waals surface area contributed by atoms with E-state index in [1.807, 2.05) is 0 Å². The van der Waals surface area contributed by atoms with E-state index < -0.39 is 0 Å². The molecule has 0 radical (unpaired) electrons. The van der Waals surface area contributed by atoms with E-state index in [-0.39, 0.29) is 0 Å². The molecule has 2 aliphatic rings. The molecule has 1 aromatic rings. The van der Waals surface area contributed by atoms with E-state index in [9.17, 15) is 0 Å². The zero-order valence-corrected chi connectivity index (χ0v) is 14.0. The molecule has 0 saturated heterocycles. The van der Waals surface area contributed by atoms with Crippen molar-refractivity contribution in [3.05, 3.63) is 21.4 Å². The maximum absolute atomic E-state index is 3.83. The van der Waals surface area contributed by atoms with Crippen LogP contribution in [0.3, 0.4) is 0 Å². The van der Waals surface area contributed by atoms with Gasteiger partial charge >= 0.3 is 0 Å². The summed E-state index contributed by atoms with van der Waals surface area (Å²) in [5.74, 6) is 0. The van der Waals surface area contributed by atoms with Crippen molar-refractivity contribution >= 4 is 11.3 Å². The van der Waals surface area contributed by atoms with Gasteiger partial charge in [0.1, 0.15) is 0 Å². The standard InChI is InChI=1S/C18H29NS/c1-14(19-13-18(2)10-6-3-7-11-18)17-12-15-8-4-5-9-16(15)20-17/h12,14,19H,3-11,13H2,1-2H3. The molecule has 112 valence electrons. The SMILES string of the molecule is CC(NCC1(C)CCCCC1)c1cc2c(s1)CCCC2. The molecule has 3 rings (SSSR count). The third-order valence-corrected chi connectivity index (χ3v) is 6.76. The van der Waals surface area contributed by atoms with Crippen molar-refractivity contribution in [1.29, 1.82) is 0 Å². The molecule has 1 heterocycles. The normalized spacial score (nSPS) is 23.3. The van der Waals surface area contributed by atoms with Crippen LogP contribution in [0.2, 0.25) is 0 Å². The minimum absolute atomic E-state index is 0.532. The van der Waals surface area contributed by atoms with Crippen LogP contribution < -0.4 is 5.32 Å². The zero-order chi connectivity index (χ0) is 14.0. The predicted molar refractivity (Wildman–Crippen MR) is 88.6 cm³/mol. The second-order valence-electron chi connectivity index (χ2n) is 7.28. The minimum atomic E-state index is 0.532.